The number of nitrogens with two attached hydrogens (primary N) is 1. The Bertz CT molecular complexity index is 776. The Balaban J connectivity index is 1.69. The van der Waals surface area contributed by atoms with Crippen LogP contribution in [0.15, 0.2) is 54.7 Å². The summed E-state index contributed by atoms with van der Waals surface area (Å²) in [6.07, 6.45) is 2.13. The van der Waals surface area contributed by atoms with Gasteiger partial charge in [-0.1, -0.05) is 18.2 Å². The third-order valence-corrected chi connectivity index (χ3v) is 4.01. The highest BCUT2D eigenvalue weighted by Crippen LogP contribution is 2.35. The van der Waals surface area contributed by atoms with Crippen molar-refractivity contribution >= 4 is 16.6 Å². The average molecular weight is 264 g/mol. The Morgan fingerprint density at radius 3 is 3.00 bits per heavy atom. The molecule has 0 spiro atoms. The minimum Gasteiger partial charge on any atom is -0.493 e. The SMILES string of the molecule is Nc1ccc2c(ccn2CC2COc3ccccc32)c1. The number of benzene rings is 2. The van der Waals surface area contributed by atoms with Crippen LogP contribution in [0, 0.1) is 0 Å². The van der Waals surface area contributed by atoms with Crippen molar-refractivity contribution in [2.75, 3.05) is 12.3 Å². The lowest BCUT2D eigenvalue weighted by Crippen LogP contribution is -2.09. The molecule has 3 heteroatoms. The van der Waals surface area contributed by atoms with Crippen LogP contribution < -0.4 is 10.5 Å². The monoisotopic (exact) mass is 264 g/mol. The molecule has 100 valence electrons. The summed E-state index contributed by atoms with van der Waals surface area (Å²) in [6.45, 7) is 1.69. The van der Waals surface area contributed by atoms with Crippen molar-refractivity contribution in [2.24, 2.45) is 0 Å². The standard InChI is InChI=1S/C17H16N2O/c18-14-5-6-16-12(9-14)7-8-19(16)10-13-11-20-17-4-2-1-3-15(13)17/h1-9,13H,10-11,18H2. The molecule has 1 atom stereocenters. The molecule has 1 aromatic heterocycles. The minimum atomic E-state index is 0.416. The summed E-state index contributed by atoms with van der Waals surface area (Å²) in [4.78, 5) is 0. The molecule has 3 aromatic rings. The maximum atomic E-state index is 5.83. The lowest BCUT2D eigenvalue weighted by atomic mass is 10.0. The summed E-state index contributed by atoms with van der Waals surface area (Å²) >= 11 is 0. The van der Waals surface area contributed by atoms with Crippen LogP contribution in [-0.4, -0.2) is 11.2 Å². The Morgan fingerprint density at radius 2 is 2.05 bits per heavy atom. The Morgan fingerprint density at radius 1 is 1.15 bits per heavy atom. The summed E-state index contributed by atoms with van der Waals surface area (Å²) in [7, 11) is 0. The molecule has 0 saturated heterocycles. The van der Waals surface area contributed by atoms with Crippen molar-refractivity contribution in [3.8, 4) is 5.75 Å². The van der Waals surface area contributed by atoms with Crippen molar-refractivity contribution in [3.05, 3.63) is 60.3 Å². The van der Waals surface area contributed by atoms with Crippen LogP contribution in [0.4, 0.5) is 5.69 Å². The quantitative estimate of drug-likeness (QED) is 0.721. The molecular weight excluding hydrogens is 248 g/mol. The number of hydrogen-bond donors (Lipinski definition) is 1. The molecule has 0 fully saturated rings. The van der Waals surface area contributed by atoms with Crippen molar-refractivity contribution in [1.29, 1.82) is 0 Å². The number of hydrogen-bond acceptors (Lipinski definition) is 2. The highest BCUT2D eigenvalue weighted by molar-refractivity contribution is 5.83. The first-order chi connectivity index (χ1) is 9.81. The molecule has 20 heavy (non-hydrogen) atoms. The summed E-state index contributed by atoms with van der Waals surface area (Å²) < 4.78 is 8.04. The summed E-state index contributed by atoms with van der Waals surface area (Å²) in [6, 6.07) is 16.5. The van der Waals surface area contributed by atoms with Gasteiger partial charge in [-0.2, -0.15) is 0 Å². The smallest absolute Gasteiger partial charge is 0.122 e. The van der Waals surface area contributed by atoms with E-state index in [1.54, 1.807) is 0 Å². The molecule has 0 saturated carbocycles. The third-order valence-electron chi connectivity index (χ3n) is 4.01. The number of aromatic nitrogens is 1. The molecule has 4 rings (SSSR count). The number of fused-ring (bicyclic) bond motifs is 2. The van der Waals surface area contributed by atoms with Crippen molar-refractivity contribution in [3.63, 3.8) is 0 Å². The van der Waals surface area contributed by atoms with Gasteiger partial charge in [0, 0.05) is 40.8 Å². The van der Waals surface area contributed by atoms with Crippen molar-refractivity contribution < 1.29 is 4.74 Å². The molecule has 0 amide bonds. The first-order valence-corrected chi connectivity index (χ1v) is 6.87. The molecule has 1 aliphatic rings. The van der Waals surface area contributed by atoms with Gasteiger partial charge in [0.05, 0.1) is 6.61 Å². The van der Waals surface area contributed by atoms with Gasteiger partial charge in [0.2, 0.25) is 0 Å². The predicted octanol–water partition coefficient (Wildman–Crippen LogP) is 3.40. The van der Waals surface area contributed by atoms with Gasteiger partial charge < -0.3 is 15.0 Å². The van der Waals surface area contributed by atoms with Gasteiger partial charge in [0.25, 0.3) is 0 Å². The molecular formula is C17H16N2O. The van der Waals surface area contributed by atoms with E-state index >= 15 is 0 Å². The number of nitrogens with zero attached hydrogens (tertiary/aromatic N) is 1. The van der Waals surface area contributed by atoms with E-state index < -0.39 is 0 Å². The first kappa shape index (κ1) is 11.4. The fraction of sp³-hybridized carbons (Fsp3) is 0.176. The van der Waals surface area contributed by atoms with Crippen LogP contribution in [0.5, 0.6) is 5.75 Å². The second kappa shape index (κ2) is 4.30. The van der Waals surface area contributed by atoms with Crippen LogP contribution in [0.3, 0.4) is 0 Å². The van der Waals surface area contributed by atoms with Crippen LogP contribution in [-0.2, 0) is 6.54 Å². The Hall–Kier alpha value is -2.42. The van der Waals surface area contributed by atoms with Gasteiger partial charge in [-0.05, 0) is 30.3 Å². The molecule has 0 radical (unpaired) electrons. The molecule has 3 nitrogen and oxygen atoms in total. The van der Waals surface area contributed by atoms with Gasteiger partial charge in [0.1, 0.15) is 5.75 Å². The van der Waals surface area contributed by atoms with Crippen LogP contribution in [0.25, 0.3) is 10.9 Å². The second-order valence-corrected chi connectivity index (χ2v) is 5.33. The summed E-state index contributed by atoms with van der Waals surface area (Å²) in [5.74, 6) is 1.44. The van der Waals surface area contributed by atoms with E-state index in [-0.39, 0.29) is 0 Å². The maximum absolute atomic E-state index is 5.83. The highest BCUT2D eigenvalue weighted by atomic mass is 16.5. The van der Waals surface area contributed by atoms with E-state index in [0.29, 0.717) is 5.92 Å². The van der Waals surface area contributed by atoms with Gasteiger partial charge in [0.15, 0.2) is 0 Å². The van der Waals surface area contributed by atoms with Crippen LogP contribution in [0.2, 0.25) is 0 Å². The first-order valence-electron chi connectivity index (χ1n) is 6.87. The fourth-order valence-corrected chi connectivity index (χ4v) is 3.00. The number of nitrogen functional groups attached to an aromatic ring is 1. The van der Waals surface area contributed by atoms with E-state index in [1.165, 1.54) is 16.5 Å². The molecule has 2 aromatic carbocycles. The van der Waals surface area contributed by atoms with Gasteiger partial charge in [-0.3, -0.25) is 0 Å². The van der Waals surface area contributed by atoms with E-state index in [1.807, 2.05) is 24.3 Å². The van der Waals surface area contributed by atoms with E-state index in [4.69, 9.17) is 10.5 Å². The van der Waals surface area contributed by atoms with Gasteiger partial charge in [-0.25, -0.2) is 0 Å². The zero-order valence-corrected chi connectivity index (χ0v) is 11.1. The predicted molar refractivity (Wildman–Crippen MR) is 81.0 cm³/mol. The van der Waals surface area contributed by atoms with E-state index in [2.05, 4.69) is 35.0 Å². The lowest BCUT2D eigenvalue weighted by Gasteiger charge is -2.11. The summed E-state index contributed by atoms with van der Waals surface area (Å²) in [5.41, 5.74) is 9.18. The largest absolute Gasteiger partial charge is 0.493 e. The fourth-order valence-electron chi connectivity index (χ4n) is 3.00. The van der Waals surface area contributed by atoms with Crippen molar-refractivity contribution in [2.45, 2.75) is 12.5 Å². The Kier molecular flexibility index (Phi) is 2.46. The van der Waals surface area contributed by atoms with Crippen LogP contribution in [0.1, 0.15) is 11.5 Å². The molecule has 1 unspecified atom stereocenters. The number of anilines is 1. The molecule has 2 heterocycles. The zero-order chi connectivity index (χ0) is 13.5. The van der Waals surface area contributed by atoms with Gasteiger partial charge >= 0.3 is 0 Å². The highest BCUT2D eigenvalue weighted by Gasteiger charge is 2.24. The number of para-hydroxylation sites is 1. The molecule has 0 bridgehead atoms. The van der Waals surface area contributed by atoms with E-state index in [0.717, 1.165) is 24.6 Å². The third kappa shape index (κ3) is 1.74. The molecule has 2 N–H and O–H groups in total. The Labute approximate surface area is 117 Å². The topological polar surface area (TPSA) is 40.2 Å². The van der Waals surface area contributed by atoms with Crippen molar-refractivity contribution in [1.82, 2.24) is 4.57 Å². The zero-order valence-electron chi connectivity index (χ0n) is 11.1. The normalized spacial score (nSPS) is 17.1. The lowest BCUT2D eigenvalue weighted by molar-refractivity contribution is 0.320. The van der Waals surface area contributed by atoms with E-state index in [9.17, 15) is 0 Å². The molecule has 0 aliphatic carbocycles. The summed E-state index contributed by atoms with van der Waals surface area (Å²) in [5, 5.41) is 1.19. The second-order valence-electron chi connectivity index (χ2n) is 5.33. The molecule has 1 aliphatic heterocycles. The maximum Gasteiger partial charge on any atom is 0.122 e. The minimum absolute atomic E-state index is 0.416. The average Bonchev–Trinajstić information content (AvgIpc) is 3.04. The van der Waals surface area contributed by atoms with Gasteiger partial charge in [-0.15, -0.1) is 0 Å². The number of rotatable bonds is 2. The number of ether oxygens (including phenoxy) is 1. The van der Waals surface area contributed by atoms with Crippen LogP contribution >= 0.6 is 0 Å².